The number of methoxy groups -OCH3 is 1. The Bertz CT molecular complexity index is 2270. The Morgan fingerprint density at radius 2 is 1.15 bits per heavy atom. The van der Waals surface area contributed by atoms with Gasteiger partial charge in [-0.1, -0.05) is 89.7 Å². The van der Waals surface area contributed by atoms with Gasteiger partial charge in [0.1, 0.15) is 0 Å². The molecule has 3 aromatic carbocycles. The number of carbonyl (C=O) groups is 1. The number of ether oxygens (including phenoxy) is 1. The van der Waals surface area contributed by atoms with Crippen LogP contribution in [0, 0.1) is 11.3 Å². The summed E-state index contributed by atoms with van der Waals surface area (Å²) in [6, 6.07) is 19.3. The quantitative estimate of drug-likeness (QED) is 0.0720. The second-order valence-electron chi connectivity index (χ2n) is 13.2. The van der Waals surface area contributed by atoms with Crippen molar-refractivity contribution in [2.45, 2.75) is 37.0 Å². The lowest BCUT2D eigenvalue weighted by Crippen LogP contribution is -2.00. The fraction of sp³-hybridized carbons (Fsp3) is 0.214. The maximum Gasteiger partial charge on any atom is 0.337 e. The summed E-state index contributed by atoms with van der Waals surface area (Å²) in [7, 11) is 61.9. The minimum absolute atomic E-state index is 0.0147. The molecule has 0 heterocycles. The summed E-state index contributed by atoms with van der Waals surface area (Å²) in [5.74, 6) is -0.391. The molecule has 3 aromatic rings. The normalized spacial score (nSPS) is 14.2. The SMILES string of the molecule is COC(=O)c1ccc(-c2cccc(Br)c2)c(Cl)c1.N#CC1=C(Br)CCCC1.O=S(=O)(Cl)c1ccc(C(F)F)cc1.PPP(P(P)P)P(P(P(P)P)P(P)P)P(P(P(P)P)P(P)P)P(P(P)P)P(P)P.PPP(P)P. The summed E-state index contributed by atoms with van der Waals surface area (Å²) in [5, 5.41) is 9.05. The Kier molecular flexibility index (Phi) is 56.1. The fourth-order valence-electron chi connectivity index (χ4n) is 4.97. The molecule has 0 spiro atoms. The fourth-order valence-corrected chi connectivity index (χ4v) is 385. The van der Waals surface area contributed by atoms with Gasteiger partial charge in [0.2, 0.25) is 0 Å². The van der Waals surface area contributed by atoms with E-state index in [1.54, 1.807) is 12.1 Å². The molecule has 0 saturated carbocycles. The zero-order valence-corrected chi connectivity index (χ0v) is 79.5. The topological polar surface area (TPSA) is 84.2 Å². The number of benzene rings is 3. The molecule has 420 valence electrons. The number of hydrogen-bond donors (Lipinski definition) is 0. The largest absolute Gasteiger partial charge is 0.465 e. The van der Waals surface area contributed by atoms with Crippen LogP contribution in [0.4, 0.5) is 8.78 Å². The zero-order chi connectivity index (χ0) is 57.4. The molecule has 4 rings (SSSR count). The maximum atomic E-state index is 12.0. The third-order valence-corrected chi connectivity index (χ3v) is 214. The molecular weight excluding hydrogens is 1770 g/mol. The lowest BCUT2D eigenvalue weighted by Gasteiger charge is -2.51. The van der Waals surface area contributed by atoms with Gasteiger partial charge in [-0.15, -0.1) is 161 Å². The van der Waals surface area contributed by atoms with Crippen molar-refractivity contribution in [2.24, 2.45) is 0 Å². The van der Waals surface area contributed by atoms with E-state index in [0.29, 0.717) is 10.6 Å². The summed E-state index contributed by atoms with van der Waals surface area (Å²) in [6.07, 6.45) is 1.83. The van der Waals surface area contributed by atoms with Crippen molar-refractivity contribution in [1.82, 2.24) is 0 Å². The number of halogens is 6. The minimum atomic E-state index is -3.82. The Balaban J connectivity index is 0.00000100. The number of allylic oxidation sites excluding steroid dienone is 2. The summed E-state index contributed by atoms with van der Waals surface area (Å²) < 4.78 is 52.2. The first-order valence-electron chi connectivity index (χ1n) is 19.2. The zero-order valence-electron chi connectivity index (χ0n) is 38.7. The molecule has 0 saturated heterocycles. The molecule has 1 aliphatic carbocycles. The van der Waals surface area contributed by atoms with E-state index in [9.17, 15) is 22.0 Å². The number of esters is 1. The van der Waals surface area contributed by atoms with Crippen LogP contribution in [0.3, 0.4) is 0 Å². The van der Waals surface area contributed by atoms with E-state index < -0.39 is 21.4 Å². The van der Waals surface area contributed by atoms with Crippen molar-refractivity contribution in [3.05, 3.63) is 97.4 Å². The van der Waals surface area contributed by atoms with Crippen LogP contribution in [0.5, 0.6) is 0 Å². The molecule has 0 bridgehead atoms. The van der Waals surface area contributed by atoms with Crippen LogP contribution in [0.1, 0.15) is 48.0 Å². The van der Waals surface area contributed by atoms with Crippen LogP contribution in [-0.4, -0.2) is 21.5 Å². The Morgan fingerprint density at radius 3 is 1.47 bits per heavy atom. The number of nitriles is 1. The van der Waals surface area contributed by atoms with Gasteiger partial charge in [0.05, 0.1) is 23.6 Å². The summed E-state index contributed by atoms with van der Waals surface area (Å²) in [5.41, 5.74) is 3.03. The van der Waals surface area contributed by atoms with E-state index in [4.69, 9.17) is 27.5 Å². The number of carbonyl (C=O) groups excluding carboxylic acids is 1. The Morgan fingerprint density at radius 1 is 0.689 bits per heavy atom. The maximum absolute atomic E-state index is 12.0. The van der Waals surface area contributed by atoms with E-state index in [1.807, 2.05) is 30.3 Å². The number of nitrogens with zero attached hydrogens (tertiary/aromatic N) is 1. The number of alkyl halides is 2. The summed E-state index contributed by atoms with van der Waals surface area (Å²) in [4.78, 5) is 11.2. The second-order valence-corrected chi connectivity index (χ2v) is 147. The highest BCUT2D eigenvalue weighted by atomic mass is 79.9. The van der Waals surface area contributed by atoms with E-state index in [0.717, 1.165) is 78.7 Å². The molecule has 0 radical (unpaired) electrons. The molecule has 0 fully saturated rings. The van der Waals surface area contributed by atoms with Crippen LogP contribution in [0.2, 0.25) is 5.02 Å². The Labute approximate surface area is 527 Å². The van der Waals surface area contributed by atoms with Crippen LogP contribution in [-0.2, 0) is 13.8 Å². The van der Waals surface area contributed by atoms with Gasteiger partial charge in [-0.3, -0.25) is 0 Å². The predicted octanol–water partition coefficient (Wildman–Crippen LogP) is 28.9. The highest BCUT2D eigenvalue weighted by Crippen LogP contribution is 3.37. The van der Waals surface area contributed by atoms with Gasteiger partial charge in [-0.25, -0.2) is 22.0 Å². The summed E-state index contributed by atoms with van der Waals surface area (Å²) >= 11 is 13.0. The molecule has 22 atom stereocenters. The number of rotatable bonds is 18. The van der Waals surface area contributed by atoms with Gasteiger partial charge in [-0.2, -0.15) is 5.26 Å². The second kappa shape index (κ2) is 48.1. The average molecular weight is 1830 g/mol. The highest BCUT2D eigenvalue weighted by Gasteiger charge is 2.49. The third kappa shape index (κ3) is 34.5. The molecule has 0 N–H and O–H groups in total. The van der Waals surface area contributed by atoms with E-state index in [1.165, 1.54) is 20.0 Å². The first kappa shape index (κ1) is 86.3. The lowest BCUT2D eigenvalue weighted by molar-refractivity contribution is 0.0600. The van der Waals surface area contributed by atoms with Crippen LogP contribution >= 0.6 is 329 Å². The standard InChI is InChI=1S/C14H10BrClO2.C7H8BrN.C7H5ClF2O2S.H31P29.H7P5/c1-18-14(17)10-5-6-12(13(16)8-10)9-3-2-4-11(15)7-9;8-7-4-2-1-3-6(7)5-9;8-13(11,12)6-3-1-5(2-4-6)7(9)10;1-16-24(17(2)3)28(25(18(4)5)19(6)7)29(26(20(8)9)21(10)11)27(22(12)13)23(14)15;1-4-5(2)3/h2-8H,1H3;1-4H2;1-4,7H;16H,1-15H2;4H,1-3H2. The minimum Gasteiger partial charge on any atom is -0.465 e. The van der Waals surface area contributed by atoms with Gasteiger partial charge in [0.15, 0.2) is 0 Å². The van der Waals surface area contributed by atoms with Gasteiger partial charge in [-0.05, 0) is 165 Å². The average Bonchev–Trinajstić information content (AvgIpc) is 3.30. The smallest absolute Gasteiger partial charge is 0.337 e. The predicted molar refractivity (Wildman–Crippen MR) is 449 cm³/mol. The molecule has 22 unspecified atom stereocenters. The lowest BCUT2D eigenvalue weighted by atomic mass is 10.0. The highest BCUT2D eigenvalue weighted by molar-refractivity contribution is 9.43. The molecule has 1 aliphatic rings. The third-order valence-electron chi connectivity index (χ3n) is 8.01. The monoisotopic (exact) mass is 1830 g/mol. The van der Waals surface area contributed by atoms with E-state index in [2.05, 4.69) is 203 Å². The molecular formula is C28H61Br2Cl2F2NO4P34S. The molecule has 0 aromatic heterocycles. The van der Waals surface area contributed by atoms with E-state index >= 15 is 0 Å². The molecule has 0 aliphatic heterocycles. The van der Waals surface area contributed by atoms with Crippen molar-refractivity contribution >= 4 is 344 Å². The van der Waals surface area contributed by atoms with Crippen LogP contribution in [0.25, 0.3) is 11.1 Å². The van der Waals surface area contributed by atoms with Crippen LogP contribution < -0.4 is 0 Å². The van der Waals surface area contributed by atoms with Gasteiger partial charge >= 0.3 is 5.97 Å². The first-order chi connectivity index (χ1) is 34.3. The van der Waals surface area contributed by atoms with Crippen molar-refractivity contribution in [2.75, 3.05) is 7.11 Å². The van der Waals surface area contributed by atoms with Crippen LogP contribution in [0.15, 0.2) is 86.2 Å². The van der Waals surface area contributed by atoms with Gasteiger partial charge in [0, 0.05) is 41.4 Å². The molecule has 74 heavy (non-hydrogen) atoms. The Hall–Kier alpha value is 12.3. The molecule has 46 heteroatoms. The number of hydrogen-bond acceptors (Lipinski definition) is 5. The molecule has 0 amide bonds. The van der Waals surface area contributed by atoms with Crippen molar-refractivity contribution in [3.8, 4) is 17.2 Å². The first-order valence-corrected chi connectivity index (χ1v) is 83.9. The van der Waals surface area contributed by atoms with E-state index in [-0.39, 0.29) is 108 Å². The van der Waals surface area contributed by atoms with Gasteiger partial charge in [0.25, 0.3) is 15.5 Å². The van der Waals surface area contributed by atoms with Gasteiger partial charge < -0.3 is 4.74 Å². The van der Waals surface area contributed by atoms with Crippen molar-refractivity contribution < 1.29 is 26.7 Å². The van der Waals surface area contributed by atoms with Crippen molar-refractivity contribution in [3.63, 3.8) is 0 Å². The summed E-state index contributed by atoms with van der Waals surface area (Å²) in [6.45, 7) is 0.399. The molecule has 5 nitrogen and oxygen atoms in total. The van der Waals surface area contributed by atoms with Crippen molar-refractivity contribution in [1.29, 1.82) is 5.26 Å².